The van der Waals surface area contributed by atoms with E-state index in [0.717, 1.165) is 5.01 Å². The van der Waals surface area contributed by atoms with Gasteiger partial charge < -0.3 is 9.84 Å². The predicted molar refractivity (Wildman–Crippen MR) is 64.8 cm³/mol. The molecule has 3 nitrogen and oxygen atoms in total. The first-order valence-corrected chi connectivity index (χ1v) is 6.01. The second-order valence-corrected chi connectivity index (χ2v) is 4.39. The van der Waals surface area contributed by atoms with Crippen molar-refractivity contribution in [1.82, 2.24) is 4.98 Å². The Morgan fingerprint density at radius 3 is 3.00 bits per heavy atom. The van der Waals surface area contributed by atoms with Crippen LogP contribution in [-0.2, 0) is 6.42 Å². The third kappa shape index (κ3) is 2.62. The summed E-state index contributed by atoms with van der Waals surface area (Å²) in [6, 6.07) is 4.33. The molecule has 0 fully saturated rings. The van der Waals surface area contributed by atoms with Crippen molar-refractivity contribution in [2.45, 2.75) is 6.42 Å². The SMILES string of the molecule is COc1ccc(F)cc1-c1csc(CCO)n1. The number of hydrogen-bond donors (Lipinski definition) is 1. The Balaban J connectivity index is 2.40. The number of hydrogen-bond acceptors (Lipinski definition) is 4. The number of ether oxygens (including phenoxy) is 1. The van der Waals surface area contributed by atoms with Gasteiger partial charge in [0.2, 0.25) is 0 Å². The normalized spacial score (nSPS) is 10.5. The summed E-state index contributed by atoms with van der Waals surface area (Å²) in [5.41, 5.74) is 1.31. The van der Waals surface area contributed by atoms with E-state index in [4.69, 9.17) is 9.84 Å². The van der Waals surface area contributed by atoms with Crippen LogP contribution in [0.15, 0.2) is 23.6 Å². The maximum atomic E-state index is 13.2. The number of thiazole rings is 1. The standard InChI is InChI=1S/C12H12FNO2S/c1-16-11-3-2-8(13)6-9(11)10-7-17-12(14-10)4-5-15/h2-3,6-7,15H,4-5H2,1H3. The molecule has 0 spiro atoms. The molecular formula is C12H12FNO2S. The van der Waals surface area contributed by atoms with E-state index in [1.165, 1.54) is 30.6 Å². The van der Waals surface area contributed by atoms with E-state index in [2.05, 4.69) is 4.98 Å². The molecule has 0 aliphatic carbocycles. The van der Waals surface area contributed by atoms with E-state index in [0.29, 0.717) is 23.4 Å². The zero-order valence-electron chi connectivity index (χ0n) is 9.31. The van der Waals surface area contributed by atoms with Gasteiger partial charge in [-0.15, -0.1) is 11.3 Å². The quantitative estimate of drug-likeness (QED) is 0.910. The van der Waals surface area contributed by atoms with Crippen LogP contribution in [0.1, 0.15) is 5.01 Å². The van der Waals surface area contributed by atoms with Crippen LogP contribution in [0, 0.1) is 5.82 Å². The third-order valence-corrected chi connectivity index (χ3v) is 3.22. The maximum absolute atomic E-state index is 13.2. The van der Waals surface area contributed by atoms with Gasteiger partial charge in [0.15, 0.2) is 0 Å². The van der Waals surface area contributed by atoms with Gasteiger partial charge in [-0.2, -0.15) is 0 Å². The summed E-state index contributed by atoms with van der Waals surface area (Å²) in [6.07, 6.45) is 0.516. The molecule has 1 heterocycles. The second kappa shape index (κ2) is 5.25. The molecule has 0 unspecified atom stereocenters. The molecule has 0 aliphatic heterocycles. The van der Waals surface area contributed by atoms with E-state index in [-0.39, 0.29) is 12.4 Å². The van der Waals surface area contributed by atoms with Crippen LogP contribution in [-0.4, -0.2) is 23.8 Å². The monoisotopic (exact) mass is 253 g/mol. The molecule has 2 aromatic rings. The lowest BCUT2D eigenvalue weighted by molar-refractivity contribution is 0.299. The third-order valence-electron chi connectivity index (χ3n) is 2.31. The van der Waals surface area contributed by atoms with Gasteiger partial charge in [0.05, 0.1) is 17.8 Å². The van der Waals surface area contributed by atoms with Crippen LogP contribution in [0.5, 0.6) is 5.75 Å². The highest BCUT2D eigenvalue weighted by Crippen LogP contribution is 2.31. The summed E-state index contributed by atoms with van der Waals surface area (Å²) in [5.74, 6) is 0.268. The van der Waals surface area contributed by atoms with Crippen LogP contribution in [0.3, 0.4) is 0 Å². The number of aromatic nitrogens is 1. The van der Waals surface area contributed by atoms with Gasteiger partial charge >= 0.3 is 0 Å². The van der Waals surface area contributed by atoms with Crippen molar-refractivity contribution < 1.29 is 14.2 Å². The summed E-state index contributed by atoms with van der Waals surface area (Å²) in [4.78, 5) is 4.33. The lowest BCUT2D eigenvalue weighted by Crippen LogP contribution is -1.91. The average Bonchev–Trinajstić information content (AvgIpc) is 2.78. The van der Waals surface area contributed by atoms with Crippen LogP contribution in [0.4, 0.5) is 4.39 Å². The van der Waals surface area contributed by atoms with Crippen LogP contribution in [0.25, 0.3) is 11.3 Å². The molecule has 2 rings (SSSR count). The van der Waals surface area contributed by atoms with E-state index in [1.54, 1.807) is 6.07 Å². The number of nitrogens with zero attached hydrogens (tertiary/aromatic N) is 1. The average molecular weight is 253 g/mol. The Labute approximate surface area is 103 Å². The summed E-state index contributed by atoms with van der Waals surface area (Å²) < 4.78 is 18.4. The molecule has 5 heteroatoms. The Hall–Kier alpha value is -1.46. The van der Waals surface area contributed by atoms with Gasteiger partial charge in [0, 0.05) is 24.0 Å². The summed E-state index contributed by atoms with van der Waals surface area (Å²) in [7, 11) is 1.54. The first kappa shape index (κ1) is 12.0. The van der Waals surface area contributed by atoms with Crippen LogP contribution >= 0.6 is 11.3 Å². The largest absolute Gasteiger partial charge is 0.496 e. The van der Waals surface area contributed by atoms with Crippen LogP contribution < -0.4 is 4.74 Å². The number of halogens is 1. The van der Waals surface area contributed by atoms with Crippen molar-refractivity contribution in [3.8, 4) is 17.0 Å². The van der Waals surface area contributed by atoms with Crippen molar-refractivity contribution in [2.24, 2.45) is 0 Å². The Bertz CT molecular complexity index is 513. The molecule has 0 saturated carbocycles. The molecule has 0 radical (unpaired) electrons. The molecule has 0 bridgehead atoms. The lowest BCUT2D eigenvalue weighted by atomic mass is 10.1. The zero-order valence-corrected chi connectivity index (χ0v) is 10.1. The highest BCUT2D eigenvalue weighted by Gasteiger charge is 2.10. The topological polar surface area (TPSA) is 42.4 Å². The van der Waals surface area contributed by atoms with E-state index in [9.17, 15) is 4.39 Å². The molecule has 1 aromatic heterocycles. The van der Waals surface area contributed by atoms with Crippen molar-refractivity contribution in [3.63, 3.8) is 0 Å². The van der Waals surface area contributed by atoms with Crippen LogP contribution in [0.2, 0.25) is 0 Å². The molecule has 0 atom stereocenters. The van der Waals surface area contributed by atoms with Crippen molar-refractivity contribution in [2.75, 3.05) is 13.7 Å². The van der Waals surface area contributed by atoms with E-state index < -0.39 is 0 Å². The molecule has 1 aromatic carbocycles. The lowest BCUT2D eigenvalue weighted by Gasteiger charge is -2.05. The van der Waals surface area contributed by atoms with Crippen molar-refractivity contribution >= 4 is 11.3 Å². The minimum absolute atomic E-state index is 0.0627. The molecule has 0 aliphatic rings. The van der Waals surface area contributed by atoms with Gasteiger partial charge in [0.1, 0.15) is 11.6 Å². The Morgan fingerprint density at radius 2 is 2.29 bits per heavy atom. The highest BCUT2D eigenvalue weighted by atomic mass is 32.1. The first-order chi connectivity index (χ1) is 8.24. The Kier molecular flexibility index (Phi) is 3.71. The fourth-order valence-corrected chi connectivity index (χ4v) is 2.31. The molecule has 0 saturated heterocycles. The number of methoxy groups -OCH3 is 1. The number of aliphatic hydroxyl groups excluding tert-OH is 1. The molecule has 0 amide bonds. The second-order valence-electron chi connectivity index (χ2n) is 3.44. The minimum Gasteiger partial charge on any atom is -0.496 e. The minimum atomic E-state index is -0.322. The van der Waals surface area contributed by atoms with Gasteiger partial charge in [-0.25, -0.2) is 9.37 Å². The van der Waals surface area contributed by atoms with Crippen molar-refractivity contribution in [3.05, 3.63) is 34.4 Å². The fraction of sp³-hybridized carbons (Fsp3) is 0.250. The van der Waals surface area contributed by atoms with E-state index >= 15 is 0 Å². The maximum Gasteiger partial charge on any atom is 0.128 e. The summed E-state index contributed by atoms with van der Waals surface area (Å²) >= 11 is 1.44. The van der Waals surface area contributed by atoms with Gasteiger partial charge in [-0.3, -0.25) is 0 Å². The highest BCUT2D eigenvalue weighted by molar-refractivity contribution is 7.09. The number of benzene rings is 1. The molecular weight excluding hydrogens is 241 g/mol. The van der Waals surface area contributed by atoms with Crippen molar-refractivity contribution in [1.29, 1.82) is 0 Å². The Morgan fingerprint density at radius 1 is 1.47 bits per heavy atom. The first-order valence-electron chi connectivity index (χ1n) is 5.13. The molecule has 90 valence electrons. The molecule has 1 N–H and O–H groups in total. The summed E-state index contributed by atoms with van der Waals surface area (Å²) in [6.45, 7) is 0.0627. The summed E-state index contributed by atoms with van der Waals surface area (Å²) in [5, 5.41) is 11.5. The fourth-order valence-electron chi connectivity index (χ4n) is 1.53. The molecule has 17 heavy (non-hydrogen) atoms. The van der Waals surface area contributed by atoms with Gasteiger partial charge in [0.25, 0.3) is 0 Å². The van der Waals surface area contributed by atoms with E-state index in [1.807, 2.05) is 5.38 Å². The number of rotatable bonds is 4. The van der Waals surface area contributed by atoms with Gasteiger partial charge in [-0.1, -0.05) is 0 Å². The number of aliphatic hydroxyl groups is 1. The zero-order chi connectivity index (χ0) is 12.3. The van der Waals surface area contributed by atoms with Gasteiger partial charge in [-0.05, 0) is 18.2 Å². The smallest absolute Gasteiger partial charge is 0.128 e. The predicted octanol–water partition coefficient (Wildman–Crippen LogP) is 2.49.